The Morgan fingerprint density at radius 3 is 3.18 bits per heavy atom. The smallest absolute Gasteiger partial charge is 0.0964 e. The number of morpholine rings is 1. The average molecular weight is 236 g/mol. The van der Waals surface area contributed by atoms with Gasteiger partial charge in [0.15, 0.2) is 0 Å². The number of nitrogens with zero attached hydrogens (tertiary/aromatic N) is 2. The summed E-state index contributed by atoms with van der Waals surface area (Å²) in [4.78, 5) is 6.52. The predicted molar refractivity (Wildman–Crippen MR) is 65.8 cm³/mol. The van der Waals surface area contributed by atoms with E-state index in [1.54, 1.807) is 6.20 Å². The lowest BCUT2D eigenvalue weighted by atomic mass is 10.1. The fraction of sp³-hybridized carbons (Fsp3) is 0.615. The lowest BCUT2D eigenvalue weighted by Gasteiger charge is -2.34. The van der Waals surface area contributed by atoms with E-state index in [0.717, 1.165) is 25.3 Å². The van der Waals surface area contributed by atoms with Gasteiger partial charge in [-0.25, -0.2) is 0 Å². The predicted octanol–water partition coefficient (Wildman–Crippen LogP) is 0.706. The molecule has 1 aliphatic rings. The normalized spacial score (nSPS) is 23.5. The van der Waals surface area contributed by atoms with Crippen molar-refractivity contribution in [3.05, 3.63) is 30.1 Å². The van der Waals surface area contributed by atoms with Crippen LogP contribution >= 0.6 is 0 Å². The van der Waals surface area contributed by atoms with E-state index in [2.05, 4.69) is 16.8 Å². The fourth-order valence-corrected chi connectivity index (χ4v) is 2.12. The number of hydrogen-bond acceptors (Lipinski definition) is 4. The van der Waals surface area contributed by atoms with Crippen LogP contribution in [0.3, 0.4) is 0 Å². The van der Waals surface area contributed by atoms with Gasteiger partial charge in [-0.15, -0.1) is 0 Å². The highest BCUT2D eigenvalue weighted by molar-refractivity contribution is 5.05. The Morgan fingerprint density at radius 1 is 1.59 bits per heavy atom. The summed E-state index contributed by atoms with van der Waals surface area (Å²) in [6.07, 6.45) is 1.75. The minimum absolute atomic E-state index is 0.0919. The maximum Gasteiger partial charge on any atom is 0.0964 e. The van der Waals surface area contributed by atoms with E-state index in [1.807, 2.05) is 18.2 Å². The van der Waals surface area contributed by atoms with Crippen molar-refractivity contribution in [2.45, 2.75) is 25.6 Å². The van der Waals surface area contributed by atoms with Crippen LogP contribution in [-0.4, -0.2) is 53.4 Å². The maximum absolute atomic E-state index is 10.1. The molecule has 2 atom stereocenters. The molecule has 2 unspecified atom stereocenters. The minimum atomic E-state index is -0.473. The van der Waals surface area contributed by atoms with Crippen molar-refractivity contribution >= 4 is 0 Å². The van der Waals surface area contributed by atoms with Gasteiger partial charge in [-0.2, -0.15) is 0 Å². The zero-order chi connectivity index (χ0) is 12.1. The van der Waals surface area contributed by atoms with Gasteiger partial charge in [0, 0.05) is 31.4 Å². The standard InChI is InChI=1S/C13H20N2O2/c1-2-15-7-8-17-13(10-15)12(16)9-11-5-3-4-6-14-11/h3-6,12-13,16H,2,7-10H2,1H3. The highest BCUT2D eigenvalue weighted by atomic mass is 16.5. The molecular weight excluding hydrogens is 216 g/mol. The number of aliphatic hydroxyl groups is 1. The number of ether oxygens (including phenoxy) is 1. The van der Waals surface area contributed by atoms with E-state index in [9.17, 15) is 5.11 Å². The molecule has 0 radical (unpaired) electrons. The Hall–Kier alpha value is -0.970. The Balaban J connectivity index is 1.89. The van der Waals surface area contributed by atoms with Crippen molar-refractivity contribution in [3.63, 3.8) is 0 Å². The first kappa shape index (κ1) is 12.5. The first-order valence-corrected chi connectivity index (χ1v) is 6.21. The molecule has 1 aromatic heterocycles. The van der Waals surface area contributed by atoms with Gasteiger partial charge in [0.1, 0.15) is 0 Å². The summed E-state index contributed by atoms with van der Waals surface area (Å²) in [7, 11) is 0. The van der Waals surface area contributed by atoms with E-state index in [-0.39, 0.29) is 6.10 Å². The second-order valence-electron chi connectivity index (χ2n) is 4.40. The molecule has 1 N–H and O–H groups in total. The number of aromatic nitrogens is 1. The van der Waals surface area contributed by atoms with Crippen molar-refractivity contribution < 1.29 is 9.84 Å². The first-order valence-electron chi connectivity index (χ1n) is 6.21. The maximum atomic E-state index is 10.1. The van der Waals surface area contributed by atoms with Gasteiger partial charge in [0.05, 0.1) is 18.8 Å². The summed E-state index contributed by atoms with van der Waals surface area (Å²) >= 11 is 0. The van der Waals surface area contributed by atoms with E-state index in [4.69, 9.17) is 4.74 Å². The molecule has 0 bridgehead atoms. The van der Waals surface area contributed by atoms with Gasteiger partial charge < -0.3 is 9.84 Å². The summed E-state index contributed by atoms with van der Waals surface area (Å²) in [6.45, 7) is 5.62. The van der Waals surface area contributed by atoms with Crippen LogP contribution in [0, 0.1) is 0 Å². The summed E-state index contributed by atoms with van der Waals surface area (Å²) in [6, 6.07) is 5.75. The molecule has 94 valence electrons. The molecule has 2 rings (SSSR count). The number of aliphatic hydroxyl groups excluding tert-OH is 1. The third kappa shape index (κ3) is 3.49. The Morgan fingerprint density at radius 2 is 2.47 bits per heavy atom. The second kappa shape index (κ2) is 6.10. The SMILES string of the molecule is CCN1CCOC(C(O)Cc2ccccn2)C1. The molecular formula is C13H20N2O2. The van der Waals surface area contributed by atoms with Gasteiger partial charge in [-0.05, 0) is 18.7 Å². The molecule has 1 saturated heterocycles. The largest absolute Gasteiger partial charge is 0.390 e. The number of pyridine rings is 1. The Kier molecular flexibility index (Phi) is 4.48. The van der Waals surface area contributed by atoms with Crippen LogP contribution in [0.2, 0.25) is 0 Å². The lowest BCUT2D eigenvalue weighted by molar-refractivity contribution is -0.0869. The van der Waals surface area contributed by atoms with Gasteiger partial charge >= 0.3 is 0 Å². The van der Waals surface area contributed by atoms with E-state index >= 15 is 0 Å². The number of rotatable bonds is 4. The molecule has 0 spiro atoms. The molecule has 4 nitrogen and oxygen atoms in total. The van der Waals surface area contributed by atoms with Crippen LogP contribution in [0.5, 0.6) is 0 Å². The minimum Gasteiger partial charge on any atom is -0.390 e. The quantitative estimate of drug-likeness (QED) is 0.836. The highest BCUT2D eigenvalue weighted by Gasteiger charge is 2.26. The first-order chi connectivity index (χ1) is 8.29. The van der Waals surface area contributed by atoms with Gasteiger partial charge in [-0.1, -0.05) is 13.0 Å². The number of hydrogen-bond donors (Lipinski definition) is 1. The van der Waals surface area contributed by atoms with Gasteiger partial charge in [0.2, 0.25) is 0 Å². The molecule has 1 aliphatic heterocycles. The fourth-order valence-electron chi connectivity index (χ4n) is 2.12. The van der Waals surface area contributed by atoms with Crippen molar-refractivity contribution in [2.75, 3.05) is 26.2 Å². The topological polar surface area (TPSA) is 45.6 Å². The van der Waals surface area contributed by atoms with Crippen molar-refractivity contribution in [1.29, 1.82) is 0 Å². The highest BCUT2D eigenvalue weighted by Crippen LogP contribution is 2.12. The van der Waals surface area contributed by atoms with E-state index < -0.39 is 6.10 Å². The van der Waals surface area contributed by atoms with Crippen LogP contribution in [0.1, 0.15) is 12.6 Å². The van der Waals surface area contributed by atoms with E-state index in [0.29, 0.717) is 13.0 Å². The molecule has 2 heterocycles. The molecule has 1 fully saturated rings. The van der Waals surface area contributed by atoms with Crippen LogP contribution in [0.25, 0.3) is 0 Å². The van der Waals surface area contributed by atoms with Crippen molar-refractivity contribution in [2.24, 2.45) is 0 Å². The van der Waals surface area contributed by atoms with E-state index in [1.165, 1.54) is 0 Å². The van der Waals surface area contributed by atoms with Gasteiger partial charge in [0.25, 0.3) is 0 Å². The lowest BCUT2D eigenvalue weighted by Crippen LogP contribution is -2.48. The summed E-state index contributed by atoms with van der Waals surface area (Å²) < 4.78 is 5.62. The van der Waals surface area contributed by atoms with Crippen LogP contribution in [-0.2, 0) is 11.2 Å². The zero-order valence-corrected chi connectivity index (χ0v) is 10.2. The molecule has 0 saturated carbocycles. The van der Waals surface area contributed by atoms with Crippen molar-refractivity contribution in [1.82, 2.24) is 9.88 Å². The Labute approximate surface area is 102 Å². The molecule has 17 heavy (non-hydrogen) atoms. The second-order valence-corrected chi connectivity index (χ2v) is 4.40. The van der Waals surface area contributed by atoms with Crippen LogP contribution < -0.4 is 0 Å². The van der Waals surface area contributed by atoms with Crippen LogP contribution in [0.15, 0.2) is 24.4 Å². The molecule has 0 aromatic carbocycles. The third-order valence-corrected chi connectivity index (χ3v) is 3.20. The average Bonchev–Trinajstić information content (AvgIpc) is 2.40. The van der Waals surface area contributed by atoms with Gasteiger partial charge in [-0.3, -0.25) is 9.88 Å². The molecule has 0 amide bonds. The third-order valence-electron chi connectivity index (χ3n) is 3.20. The van der Waals surface area contributed by atoms with Crippen molar-refractivity contribution in [3.8, 4) is 0 Å². The van der Waals surface area contributed by atoms with Crippen LogP contribution in [0.4, 0.5) is 0 Å². The molecule has 1 aromatic rings. The molecule has 0 aliphatic carbocycles. The zero-order valence-electron chi connectivity index (χ0n) is 10.2. The summed E-state index contributed by atoms with van der Waals surface area (Å²) in [5.74, 6) is 0. The summed E-state index contributed by atoms with van der Waals surface area (Å²) in [5.41, 5.74) is 0.914. The Bertz CT molecular complexity index is 331. The molecule has 4 heteroatoms. The summed E-state index contributed by atoms with van der Waals surface area (Å²) in [5, 5.41) is 10.1. The monoisotopic (exact) mass is 236 g/mol. The number of likely N-dealkylation sites (N-methyl/N-ethyl adjacent to an activating group) is 1.